The summed E-state index contributed by atoms with van der Waals surface area (Å²) < 4.78 is 10.8. The second kappa shape index (κ2) is 8.86. The third kappa shape index (κ3) is 4.98. The van der Waals surface area contributed by atoms with E-state index in [1.54, 1.807) is 6.26 Å². The van der Waals surface area contributed by atoms with Crippen LogP contribution < -0.4 is 5.32 Å². The highest BCUT2D eigenvalue weighted by Crippen LogP contribution is 2.20. The van der Waals surface area contributed by atoms with Gasteiger partial charge in [-0.1, -0.05) is 23.7 Å². The smallest absolute Gasteiger partial charge is 0.226 e. The van der Waals surface area contributed by atoms with E-state index in [0.717, 1.165) is 36.2 Å². The molecule has 0 spiro atoms. The van der Waals surface area contributed by atoms with Crippen LogP contribution in [0.2, 0.25) is 0 Å². The van der Waals surface area contributed by atoms with Gasteiger partial charge in [-0.25, -0.2) is 0 Å². The summed E-state index contributed by atoms with van der Waals surface area (Å²) in [5.74, 6) is 0.889. The molecule has 0 bridgehead atoms. The van der Waals surface area contributed by atoms with Gasteiger partial charge in [-0.2, -0.15) is 0 Å². The van der Waals surface area contributed by atoms with Crippen molar-refractivity contribution in [3.05, 3.63) is 53.6 Å². The fourth-order valence-corrected chi connectivity index (χ4v) is 3.10. The molecule has 2 aromatic heterocycles. The van der Waals surface area contributed by atoms with Crippen LogP contribution in [0.25, 0.3) is 11.0 Å². The van der Waals surface area contributed by atoms with Gasteiger partial charge in [0.05, 0.1) is 19.2 Å². The van der Waals surface area contributed by atoms with Crippen LogP contribution in [0.3, 0.4) is 0 Å². The number of benzene rings is 1. The molecule has 0 radical (unpaired) electrons. The molecular weight excluding hydrogens is 342 g/mol. The first-order valence-corrected chi connectivity index (χ1v) is 9.45. The Morgan fingerprint density at radius 1 is 1.33 bits per heavy atom. The first-order valence-electron chi connectivity index (χ1n) is 9.45. The maximum atomic E-state index is 12.3. The Bertz CT molecular complexity index is 870. The Hall–Kier alpha value is -2.60. The summed E-state index contributed by atoms with van der Waals surface area (Å²) in [5.41, 5.74) is 2.51. The Kier molecular flexibility index (Phi) is 6.29. The van der Waals surface area contributed by atoms with E-state index in [0.29, 0.717) is 23.9 Å². The van der Waals surface area contributed by atoms with E-state index >= 15 is 0 Å². The van der Waals surface area contributed by atoms with E-state index in [1.807, 2.05) is 37.3 Å². The molecular formula is C21H27N3O3. The standard InChI is InChI=1S/C21H27N3O3/c1-4-16(3)24(14-17-6-5-11-26-17)10-9-22-21(25)13-19-18-12-15(2)7-8-20(18)27-23-19/h5-8,11-12,16H,4,9-10,13-14H2,1-3H3,(H,22,25). The summed E-state index contributed by atoms with van der Waals surface area (Å²) >= 11 is 0. The number of fused-ring (bicyclic) bond motifs is 1. The molecule has 0 aliphatic heterocycles. The number of carbonyl (C=O) groups is 1. The molecule has 1 unspecified atom stereocenters. The lowest BCUT2D eigenvalue weighted by Crippen LogP contribution is -2.39. The number of hydrogen-bond acceptors (Lipinski definition) is 5. The lowest BCUT2D eigenvalue weighted by Gasteiger charge is -2.27. The molecule has 1 amide bonds. The normalized spacial score (nSPS) is 12.6. The van der Waals surface area contributed by atoms with Crippen molar-refractivity contribution in [2.45, 2.75) is 46.2 Å². The molecule has 0 saturated heterocycles. The van der Waals surface area contributed by atoms with Gasteiger partial charge in [0.25, 0.3) is 0 Å². The van der Waals surface area contributed by atoms with Crippen LogP contribution in [0.15, 0.2) is 45.5 Å². The lowest BCUT2D eigenvalue weighted by atomic mass is 10.1. The average molecular weight is 369 g/mol. The zero-order valence-corrected chi connectivity index (χ0v) is 16.2. The number of rotatable bonds is 9. The van der Waals surface area contributed by atoms with Crippen molar-refractivity contribution in [2.75, 3.05) is 13.1 Å². The molecule has 3 rings (SSSR count). The summed E-state index contributed by atoms with van der Waals surface area (Å²) in [6, 6.07) is 10.1. The number of aryl methyl sites for hydroxylation is 1. The van der Waals surface area contributed by atoms with Crippen molar-refractivity contribution in [3.63, 3.8) is 0 Å². The third-order valence-corrected chi connectivity index (χ3v) is 4.90. The van der Waals surface area contributed by atoms with E-state index in [-0.39, 0.29) is 12.3 Å². The summed E-state index contributed by atoms with van der Waals surface area (Å²) in [7, 11) is 0. The first-order chi connectivity index (χ1) is 13.1. The molecule has 27 heavy (non-hydrogen) atoms. The maximum absolute atomic E-state index is 12.3. The maximum Gasteiger partial charge on any atom is 0.226 e. The van der Waals surface area contributed by atoms with Crippen LogP contribution in [0, 0.1) is 6.92 Å². The highest BCUT2D eigenvalue weighted by Gasteiger charge is 2.16. The molecule has 1 atom stereocenters. The summed E-state index contributed by atoms with van der Waals surface area (Å²) in [4.78, 5) is 14.7. The summed E-state index contributed by atoms with van der Waals surface area (Å²) in [6.45, 7) is 8.45. The van der Waals surface area contributed by atoms with Crippen molar-refractivity contribution in [2.24, 2.45) is 0 Å². The highest BCUT2D eigenvalue weighted by atomic mass is 16.5. The SMILES string of the molecule is CCC(C)N(CCNC(=O)Cc1noc2ccc(C)cc12)Cc1ccco1. The van der Waals surface area contributed by atoms with Crippen molar-refractivity contribution in [1.82, 2.24) is 15.4 Å². The number of amides is 1. The predicted molar refractivity (Wildman–Crippen MR) is 104 cm³/mol. The minimum Gasteiger partial charge on any atom is -0.468 e. The van der Waals surface area contributed by atoms with Gasteiger partial charge < -0.3 is 14.3 Å². The first kappa shape index (κ1) is 19.2. The Morgan fingerprint density at radius 2 is 2.19 bits per heavy atom. The number of nitrogens with zero attached hydrogens (tertiary/aromatic N) is 2. The van der Waals surface area contributed by atoms with Crippen molar-refractivity contribution in [3.8, 4) is 0 Å². The van der Waals surface area contributed by atoms with E-state index < -0.39 is 0 Å². The second-order valence-electron chi connectivity index (χ2n) is 6.96. The van der Waals surface area contributed by atoms with Crippen LogP contribution in [-0.4, -0.2) is 35.1 Å². The molecule has 0 saturated carbocycles. The van der Waals surface area contributed by atoms with E-state index in [2.05, 4.69) is 29.2 Å². The van der Waals surface area contributed by atoms with Gasteiger partial charge in [-0.15, -0.1) is 0 Å². The van der Waals surface area contributed by atoms with E-state index in [1.165, 1.54) is 0 Å². The highest BCUT2D eigenvalue weighted by molar-refractivity contribution is 5.86. The van der Waals surface area contributed by atoms with E-state index in [4.69, 9.17) is 8.94 Å². The zero-order valence-electron chi connectivity index (χ0n) is 16.2. The predicted octanol–water partition coefficient (Wildman–Crippen LogP) is 3.69. The molecule has 0 aliphatic rings. The Balaban J connectivity index is 1.53. The van der Waals surface area contributed by atoms with Gasteiger partial charge in [0.2, 0.25) is 5.91 Å². The van der Waals surface area contributed by atoms with Crippen LogP contribution in [0.5, 0.6) is 0 Å². The lowest BCUT2D eigenvalue weighted by molar-refractivity contribution is -0.120. The molecule has 6 nitrogen and oxygen atoms in total. The number of furan rings is 1. The second-order valence-corrected chi connectivity index (χ2v) is 6.96. The van der Waals surface area contributed by atoms with Crippen LogP contribution in [0.1, 0.15) is 37.3 Å². The minimum absolute atomic E-state index is 0.0474. The molecule has 144 valence electrons. The minimum atomic E-state index is -0.0474. The summed E-state index contributed by atoms with van der Waals surface area (Å²) in [5, 5.41) is 7.96. The zero-order chi connectivity index (χ0) is 19.2. The van der Waals surface area contributed by atoms with Gasteiger partial charge in [-0.3, -0.25) is 9.69 Å². The molecule has 0 fully saturated rings. The fourth-order valence-electron chi connectivity index (χ4n) is 3.10. The number of hydrogen-bond donors (Lipinski definition) is 1. The summed E-state index contributed by atoms with van der Waals surface area (Å²) in [6.07, 6.45) is 2.95. The fraction of sp³-hybridized carbons (Fsp3) is 0.429. The monoisotopic (exact) mass is 369 g/mol. The molecule has 0 aliphatic carbocycles. The van der Waals surface area contributed by atoms with Crippen LogP contribution in [-0.2, 0) is 17.8 Å². The van der Waals surface area contributed by atoms with Gasteiger partial charge in [0.15, 0.2) is 5.58 Å². The quantitative estimate of drug-likeness (QED) is 0.623. The molecule has 1 N–H and O–H groups in total. The van der Waals surface area contributed by atoms with Gasteiger partial charge >= 0.3 is 0 Å². The molecule has 6 heteroatoms. The molecule has 1 aromatic carbocycles. The van der Waals surface area contributed by atoms with Crippen molar-refractivity contribution < 1.29 is 13.7 Å². The number of carbonyl (C=O) groups excluding carboxylic acids is 1. The van der Waals surface area contributed by atoms with Gasteiger partial charge in [-0.05, 0) is 44.5 Å². The largest absolute Gasteiger partial charge is 0.468 e. The van der Waals surface area contributed by atoms with Crippen molar-refractivity contribution >= 4 is 16.9 Å². The van der Waals surface area contributed by atoms with Crippen LogP contribution >= 0.6 is 0 Å². The van der Waals surface area contributed by atoms with Gasteiger partial charge in [0, 0.05) is 24.5 Å². The van der Waals surface area contributed by atoms with E-state index in [9.17, 15) is 4.79 Å². The molecule has 2 heterocycles. The Morgan fingerprint density at radius 3 is 2.93 bits per heavy atom. The topological polar surface area (TPSA) is 71.5 Å². The third-order valence-electron chi connectivity index (χ3n) is 4.90. The average Bonchev–Trinajstić information content (AvgIpc) is 3.30. The van der Waals surface area contributed by atoms with Gasteiger partial charge in [0.1, 0.15) is 11.5 Å². The number of nitrogens with one attached hydrogen (secondary N) is 1. The number of aromatic nitrogens is 1. The van der Waals surface area contributed by atoms with Crippen LogP contribution in [0.4, 0.5) is 0 Å². The van der Waals surface area contributed by atoms with Crippen molar-refractivity contribution in [1.29, 1.82) is 0 Å². The Labute approximate surface area is 159 Å². The molecule has 3 aromatic rings.